The molecule has 0 spiro atoms. The summed E-state index contributed by atoms with van der Waals surface area (Å²) >= 11 is 0. The first-order chi connectivity index (χ1) is 14.6. The maximum Gasteiger partial charge on any atom is 0.119 e. The first-order valence-electron chi connectivity index (χ1n) is 10.2. The molecule has 0 bridgehead atoms. The molecule has 0 saturated heterocycles. The number of fused-ring (bicyclic) bond motifs is 1. The standard InChI is InChI=1S/C24H28N4O2/c1-26(2)16-22(29)17-28-24-9-8-21(14-20(24)15-25-28)27-12-10-23(11-13-27)30-18-19-6-4-3-5-7-19/h3-12,14-15,22,29H,13,16-18H2,1-2H3/t22-/m1/s1. The molecule has 0 saturated carbocycles. The van der Waals surface area contributed by atoms with Crippen LogP contribution in [0.15, 0.2) is 78.8 Å². The van der Waals surface area contributed by atoms with Crippen LogP contribution < -0.4 is 4.90 Å². The van der Waals surface area contributed by atoms with Crippen molar-refractivity contribution in [3.8, 4) is 0 Å². The fourth-order valence-corrected chi connectivity index (χ4v) is 3.60. The molecule has 0 unspecified atom stereocenters. The average molecular weight is 405 g/mol. The Morgan fingerprint density at radius 1 is 1.17 bits per heavy atom. The Bertz CT molecular complexity index is 1040. The number of ether oxygens (including phenoxy) is 1. The van der Waals surface area contributed by atoms with Gasteiger partial charge in [0.15, 0.2) is 0 Å². The van der Waals surface area contributed by atoms with Gasteiger partial charge >= 0.3 is 0 Å². The molecule has 0 aliphatic carbocycles. The van der Waals surface area contributed by atoms with Crippen LogP contribution in [0, 0.1) is 0 Å². The first kappa shape index (κ1) is 20.2. The number of allylic oxidation sites excluding steroid dienone is 1. The molecule has 4 rings (SSSR count). The quantitative estimate of drug-likeness (QED) is 0.624. The van der Waals surface area contributed by atoms with Crippen molar-refractivity contribution in [2.24, 2.45) is 0 Å². The van der Waals surface area contributed by atoms with Gasteiger partial charge in [0.1, 0.15) is 12.4 Å². The van der Waals surface area contributed by atoms with Crippen molar-refractivity contribution >= 4 is 16.6 Å². The zero-order valence-electron chi connectivity index (χ0n) is 17.5. The third kappa shape index (κ3) is 4.90. The zero-order chi connectivity index (χ0) is 20.9. The van der Waals surface area contributed by atoms with E-state index in [1.807, 2.05) is 60.3 Å². The van der Waals surface area contributed by atoms with Crippen LogP contribution in [0.25, 0.3) is 10.9 Å². The summed E-state index contributed by atoms with van der Waals surface area (Å²) in [6.07, 6.45) is 7.55. The highest BCUT2D eigenvalue weighted by Crippen LogP contribution is 2.25. The first-order valence-corrected chi connectivity index (χ1v) is 10.2. The van der Waals surface area contributed by atoms with Crippen molar-refractivity contribution in [2.45, 2.75) is 19.3 Å². The normalized spacial score (nSPS) is 14.9. The van der Waals surface area contributed by atoms with Gasteiger partial charge in [-0.2, -0.15) is 5.10 Å². The van der Waals surface area contributed by atoms with Crippen molar-refractivity contribution in [3.05, 3.63) is 84.4 Å². The third-order valence-electron chi connectivity index (χ3n) is 5.07. The number of benzene rings is 2. The highest BCUT2D eigenvalue weighted by atomic mass is 16.5. The molecule has 0 radical (unpaired) electrons. The molecule has 30 heavy (non-hydrogen) atoms. The second-order valence-corrected chi connectivity index (χ2v) is 7.83. The summed E-state index contributed by atoms with van der Waals surface area (Å²) in [7, 11) is 3.91. The largest absolute Gasteiger partial charge is 0.489 e. The summed E-state index contributed by atoms with van der Waals surface area (Å²) in [5.74, 6) is 0.888. The molecule has 1 aromatic heterocycles. The van der Waals surface area contributed by atoms with Crippen molar-refractivity contribution in [3.63, 3.8) is 0 Å². The number of aromatic nitrogens is 2. The van der Waals surface area contributed by atoms with Crippen LogP contribution in [0.5, 0.6) is 0 Å². The van der Waals surface area contributed by atoms with Gasteiger partial charge in [0.2, 0.25) is 0 Å². The average Bonchev–Trinajstić information content (AvgIpc) is 3.14. The number of aliphatic hydroxyl groups excluding tert-OH is 1. The summed E-state index contributed by atoms with van der Waals surface area (Å²) in [6, 6.07) is 16.5. The molecule has 1 aliphatic heterocycles. The molecule has 6 heteroatoms. The summed E-state index contributed by atoms with van der Waals surface area (Å²) in [6.45, 7) is 2.41. The van der Waals surface area contributed by atoms with E-state index >= 15 is 0 Å². The van der Waals surface area contributed by atoms with Gasteiger partial charge in [-0.05, 0) is 50.0 Å². The van der Waals surface area contributed by atoms with E-state index in [9.17, 15) is 5.11 Å². The highest BCUT2D eigenvalue weighted by Gasteiger charge is 2.13. The molecule has 0 fully saturated rings. The Labute approximate surface area is 177 Å². The van der Waals surface area contributed by atoms with Crippen LogP contribution >= 0.6 is 0 Å². The Balaban J connectivity index is 1.38. The van der Waals surface area contributed by atoms with Crippen molar-refractivity contribution in [1.82, 2.24) is 14.7 Å². The number of anilines is 1. The third-order valence-corrected chi connectivity index (χ3v) is 5.07. The van der Waals surface area contributed by atoms with E-state index in [0.29, 0.717) is 19.7 Å². The number of hydrogen-bond donors (Lipinski definition) is 1. The number of hydrogen-bond acceptors (Lipinski definition) is 5. The maximum absolute atomic E-state index is 10.2. The van der Waals surface area contributed by atoms with Gasteiger partial charge in [0.05, 0.1) is 24.4 Å². The minimum Gasteiger partial charge on any atom is -0.489 e. The van der Waals surface area contributed by atoms with Gasteiger partial charge in [0, 0.05) is 30.4 Å². The monoisotopic (exact) mass is 404 g/mol. The van der Waals surface area contributed by atoms with Crippen LogP contribution in [0.3, 0.4) is 0 Å². The summed E-state index contributed by atoms with van der Waals surface area (Å²) < 4.78 is 7.77. The van der Waals surface area contributed by atoms with E-state index in [1.54, 1.807) is 0 Å². The van der Waals surface area contributed by atoms with E-state index in [1.165, 1.54) is 0 Å². The van der Waals surface area contributed by atoms with Gasteiger partial charge in [0.25, 0.3) is 0 Å². The number of aliphatic hydroxyl groups is 1. The van der Waals surface area contributed by atoms with Gasteiger partial charge in [-0.15, -0.1) is 0 Å². The number of likely N-dealkylation sites (N-methyl/N-ethyl adjacent to an activating group) is 1. The van der Waals surface area contributed by atoms with Gasteiger partial charge in [-0.25, -0.2) is 0 Å². The molecule has 156 valence electrons. The van der Waals surface area contributed by atoms with Crippen LogP contribution in [0.4, 0.5) is 5.69 Å². The SMILES string of the molecule is CN(C)C[C@@H](O)Cn1ncc2cc(N3C=CC(OCc4ccccc4)=CC3)ccc21. The minimum atomic E-state index is -0.452. The van der Waals surface area contributed by atoms with E-state index in [2.05, 4.69) is 46.4 Å². The van der Waals surface area contributed by atoms with Crippen LogP contribution in [0.2, 0.25) is 0 Å². The lowest BCUT2D eigenvalue weighted by Gasteiger charge is -2.23. The Hall–Kier alpha value is -3.09. The lowest BCUT2D eigenvalue weighted by Crippen LogP contribution is -2.29. The fraction of sp³-hybridized carbons (Fsp3) is 0.292. The molecule has 1 N–H and O–H groups in total. The predicted molar refractivity (Wildman–Crippen MR) is 120 cm³/mol. The van der Waals surface area contributed by atoms with Gasteiger partial charge in [-0.1, -0.05) is 30.3 Å². The molecule has 3 aromatic rings. The number of nitrogens with zero attached hydrogens (tertiary/aromatic N) is 4. The van der Waals surface area contributed by atoms with Crippen LogP contribution in [0.1, 0.15) is 5.56 Å². The number of rotatable bonds is 8. The summed E-state index contributed by atoms with van der Waals surface area (Å²) in [5.41, 5.74) is 3.29. The van der Waals surface area contributed by atoms with E-state index in [0.717, 1.165) is 34.5 Å². The molecular formula is C24H28N4O2. The van der Waals surface area contributed by atoms with Crippen molar-refractivity contribution in [2.75, 3.05) is 32.1 Å². The second-order valence-electron chi connectivity index (χ2n) is 7.83. The van der Waals surface area contributed by atoms with E-state index in [-0.39, 0.29) is 0 Å². The molecular weight excluding hydrogens is 376 g/mol. The smallest absolute Gasteiger partial charge is 0.119 e. The van der Waals surface area contributed by atoms with Crippen LogP contribution in [-0.4, -0.2) is 53.1 Å². The van der Waals surface area contributed by atoms with Gasteiger partial charge in [-0.3, -0.25) is 4.68 Å². The van der Waals surface area contributed by atoms with Gasteiger partial charge < -0.3 is 19.6 Å². The van der Waals surface area contributed by atoms with E-state index < -0.39 is 6.10 Å². The lowest BCUT2D eigenvalue weighted by molar-refractivity contribution is 0.117. The fourth-order valence-electron chi connectivity index (χ4n) is 3.60. The highest BCUT2D eigenvalue weighted by molar-refractivity contribution is 5.83. The molecule has 2 heterocycles. The maximum atomic E-state index is 10.2. The van der Waals surface area contributed by atoms with Crippen LogP contribution in [-0.2, 0) is 17.9 Å². The topological polar surface area (TPSA) is 53.8 Å². The Morgan fingerprint density at radius 2 is 2.00 bits per heavy atom. The van der Waals surface area contributed by atoms with Crippen molar-refractivity contribution < 1.29 is 9.84 Å². The second kappa shape index (κ2) is 9.15. The molecule has 1 atom stereocenters. The molecule has 2 aromatic carbocycles. The lowest BCUT2D eigenvalue weighted by atomic mass is 10.2. The Morgan fingerprint density at radius 3 is 2.73 bits per heavy atom. The zero-order valence-corrected chi connectivity index (χ0v) is 17.5. The summed E-state index contributed by atoms with van der Waals surface area (Å²) in [5, 5.41) is 15.7. The summed E-state index contributed by atoms with van der Waals surface area (Å²) in [4.78, 5) is 4.15. The van der Waals surface area contributed by atoms with E-state index in [4.69, 9.17) is 4.74 Å². The predicted octanol–water partition coefficient (Wildman–Crippen LogP) is 3.39. The van der Waals surface area contributed by atoms with Crippen molar-refractivity contribution in [1.29, 1.82) is 0 Å². The molecule has 6 nitrogen and oxygen atoms in total. The minimum absolute atomic E-state index is 0.452. The Kier molecular flexibility index (Phi) is 6.16. The molecule has 0 amide bonds. The molecule has 1 aliphatic rings.